The van der Waals surface area contributed by atoms with E-state index in [0.717, 1.165) is 0 Å². The molecule has 72 valence electrons. The van der Waals surface area contributed by atoms with Gasteiger partial charge in [-0.3, -0.25) is 0 Å². The standard InChI is InChI=1S/C8H16O4/c1-5-6(4-9)12-7(11-3)8(5,2)10/h5-7,9-10H,4H2,1-3H3/t5-,6-,7?,8-/m1/s1. The maximum absolute atomic E-state index is 9.86. The molecular formula is C8H16O4. The third-order valence-corrected chi connectivity index (χ3v) is 2.65. The van der Waals surface area contributed by atoms with Crippen molar-refractivity contribution in [3.63, 3.8) is 0 Å². The first-order chi connectivity index (χ1) is 5.54. The predicted octanol–water partition coefficient (Wildman–Crippen LogP) is -0.263. The highest BCUT2D eigenvalue weighted by Crippen LogP contribution is 2.35. The zero-order valence-electron chi connectivity index (χ0n) is 7.65. The summed E-state index contributed by atoms with van der Waals surface area (Å²) in [6.07, 6.45) is -0.963. The van der Waals surface area contributed by atoms with Crippen LogP contribution >= 0.6 is 0 Å². The maximum Gasteiger partial charge on any atom is 0.186 e. The number of methoxy groups -OCH3 is 1. The van der Waals surface area contributed by atoms with Crippen LogP contribution in [0.4, 0.5) is 0 Å². The van der Waals surface area contributed by atoms with Gasteiger partial charge in [0.1, 0.15) is 5.60 Å². The molecule has 0 aromatic carbocycles. The lowest BCUT2D eigenvalue weighted by Gasteiger charge is -2.25. The first-order valence-corrected chi connectivity index (χ1v) is 4.05. The van der Waals surface area contributed by atoms with Gasteiger partial charge in [0.05, 0.1) is 12.7 Å². The van der Waals surface area contributed by atoms with E-state index in [-0.39, 0.29) is 18.6 Å². The SMILES string of the molecule is COC1O[C@H](CO)[C@@H](C)[C@@]1(C)O. The number of hydrogen-bond donors (Lipinski definition) is 2. The first kappa shape index (κ1) is 9.92. The molecule has 0 radical (unpaired) electrons. The molecule has 1 rings (SSSR count). The molecule has 0 bridgehead atoms. The summed E-state index contributed by atoms with van der Waals surface area (Å²) in [6, 6.07) is 0. The lowest BCUT2D eigenvalue weighted by Crippen LogP contribution is -2.41. The third kappa shape index (κ3) is 1.35. The Kier molecular flexibility index (Phi) is 2.73. The van der Waals surface area contributed by atoms with Gasteiger partial charge in [-0.25, -0.2) is 0 Å². The van der Waals surface area contributed by atoms with Gasteiger partial charge in [-0.05, 0) is 6.92 Å². The zero-order chi connectivity index (χ0) is 9.35. The highest BCUT2D eigenvalue weighted by Gasteiger charge is 2.50. The molecule has 0 aromatic rings. The van der Waals surface area contributed by atoms with Gasteiger partial charge >= 0.3 is 0 Å². The molecule has 1 aliphatic rings. The van der Waals surface area contributed by atoms with Crippen LogP contribution in [0, 0.1) is 5.92 Å². The second-order valence-electron chi connectivity index (χ2n) is 3.44. The van der Waals surface area contributed by atoms with Gasteiger partial charge in [0, 0.05) is 13.0 Å². The van der Waals surface area contributed by atoms with E-state index in [1.54, 1.807) is 6.92 Å². The van der Waals surface area contributed by atoms with E-state index in [2.05, 4.69) is 0 Å². The average Bonchev–Trinajstić information content (AvgIpc) is 2.25. The Labute approximate surface area is 72.1 Å². The van der Waals surface area contributed by atoms with Crippen LogP contribution < -0.4 is 0 Å². The van der Waals surface area contributed by atoms with Crippen LogP contribution in [0.3, 0.4) is 0 Å². The summed E-state index contributed by atoms with van der Waals surface area (Å²) in [5, 5.41) is 18.8. The van der Waals surface area contributed by atoms with Crippen molar-refractivity contribution in [3.05, 3.63) is 0 Å². The molecule has 12 heavy (non-hydrogen) atoms. The largest absolute Gasteiger partial charge is 0.394 e. The Bertz CT molecular complexity index is 153. The topological polar surface area (TPSA) is 58.9 Å². The summed E-state index contributed by atoms with van der Waals surface area (Å²) in [6.45, 7) is 3.40. The minimum absolute atomic E-state index is 0.0861. The van der Waals surface area contributed by atoms with E-state index in [4.69, 9.17) is 14.6 Å². The van der Waals surface area contributed by atoms with E-state index in [0.29, 0.717) is 0 Å². The minimum Gasteiger partial charge on any atom is -0.394 e. The lowest BCUT2D eigenvalue weighted by molar-refractivity contribution is -0.184. The van der Waals surface area contributed by atoms with E-state index in [1.807, 2.05) is 6.92 Å². The van der Waals surface area contributed by atoms with E-state index < -0.39 is 11.9 Å². The predicted molar refractivity (Wildman–Crippen MR) is 42.5 cm³/mol. The molecule has 4 atom stereocenters. The van der Waals surface area contributed by atoms with Crippen LogP contribution in [-0.4, -0.2) is 41.9 Å². The van der Waals surface area contributed by atoms with Gasteiger partial charge in [-0.2, -0.15) is 0 Å². The van der Waals surface area contributed by atoms with Crippen molar-refractivity contribution < 1.29 is 19.7 Å². The van der Waals surface area contributed by atoms with Crippen LogP contribution in [0.15, 0.2) is 0 Å². The zero-order valence-corrected chi connectivity index (χ0v) is 7.65. The highest BCUT2D eigenvalue weighted by molar-refractivity contribution is 4.93. The van der Waals surface area contributed by atoms with Crippen molar-refractivity contribution in [2.24, 2.45) is 5.92 Å². The highest BCUT2D eigenvalue weighted by atomic mass is 16.7. The minimum atomic E-state index is -1.01. The van der Waals surface area contributed by atoms with Crippen molar-refractivity contribution >= 4 is 0 Å². The molecule has 4 nitrogen and oxygen atoms in total. The van der Waals surface area contributed by atoms with Gasteiger partial charge in [0.2, 0.25) is 0 Å². The molecule has 0 aromatic heterocycles. The number of hydrogen-bond acceptors (Lipinski definition) is 4. The quantitative estimate of drug-likeness (QED) is 0.608. The summed E-state index contributed by atoms with van der Waals surface area (Å²) < 4.78 is 10.2. The van der Waals surface area contributed by atoms with Gasteiger partial charge < -0.3 is 19.7 Å². The van der Waals surface area contributed by atoms with E-state index in [9.17, 15) is 5.11 Å². The van der Waals surface area contributed by atoms with Crippen LogP contribution in [-0.2, 0) is 9.47 Å². The summed E-state index contributed by atoms with van der Waals surface area (Å²) in [7, 11) is 1.48. The van der Waals surface area contributed by atoms with Crippen molar-refractivity contribution in [2.75, 3.05) is 13.7 Å². The maximum atomic E-state index is 9.86. The Morgan fingerprint density at radius 3 is 2.42 bits per heavy atom. The Balaban J connectivity index is 2.73. The first-order valence-electron chi connectivity index (χ1n) is 4.05. The second kappa shape index (κ2) is 3.30. The third-order valence-electron chi connectivity index (χ3n) is 2.65. The summed E-state index contributed by atoms with van der Waals surface area (Å²) in [4.78, 5) is 0. The summed E-state index contributed by atoms with van der Waals surface area (Å²) in [5.74, 6) is -0.118. The lowest BCUT2D eigenvalue weighted by atomic mass is 9.89. The Morgan fingerprint density at radius 2 is 2.17 bits per heavy atom. The Hall–Kier alpha value is -0.160. The second-order valence-corrected chi connectivity index (χ2v) is 3.44. The van der Waals surface area contributed by atoms with Crippen LogP contribution in [0.25, 0.3) is 0 Å². The molecule has 1 saturated heterocycles. The molecule has 0 amide bonds. The van der Waals surface area contributed by atoms with Gasteiger partial charge in [0.15, 0.2) is 6.29 Å². The smallest absolute Gasteiger partial charge is 0.186 e. The molecule has 1 heterocycles. The molecule has 1 unspecified atom stereocenters. The number of rotatable bonds is 2. The van der Waals surface area contributed by atoms with Gasteiger partial charge in [0.25, 0.3) is 0 Å². The fourth-order valence-corrected chi connectivity index (χ4v) is 1.50. The summed E-state index contributed by atoms with van der Waals surface area (Å²) >= 11 is 0. The van der Waals surface area contributed by atoms with Crippen LogP contribution in [0.2, 0.25) is 0 Å². The average molecular weight is 176 g/mol. The van der Waals surface area contributed by atoms with Crippen molar-refractivity contribution in [2.45, 2.75) is 31.8 Å². The molecule has 1 aliphatic heterocycles. The van der Waals surface area contributed by atoms with Gasteiger partial charge in [-0.1, -0.05) is 6.92 Å². The van der Waals surface area contributed by atoms with Crippen LogP contribution in [0.1, 0.15) is 13.8 Å². The fraction of sp³-hybridized carbons (Fsp3) is 1.00. The molecular weight excluding hydrogens is 160 g/mol. The number of aliphatic hydroxyl groups is 2. The van der Waals surface area contributed by atoms with Crippen LogP contribution in [0.5, 0.6) is 0 Å². The summed E-state index contributed by atoms with van der Waals surface area (Å²) in [5.41, 5.74) is -1.01. The molecule has 0 saturated carbocycles. The molecule has 4 heteroatoms. The molecule has 2 N–H and O–H groups in total. The van der Waals surface area contributed by atoms with Crippen molar-refractivity contribution in [1.82, 2.24) is 0 Å². The molecule has 0 aliphatic carbocycles. The monoisotopic (exact) mass is 176 g/mol. The van der Waals surface area contributed by atoms with E-state index in [1.165, 1.54) is 7.11 Å². The normalized spacial score (nSPS) is 48.2. The number of ether oxygens (including phenoxy) is 2. The van der Waals surface area contributed by atoms with Crippen molar-refractivity contribution in [1.29, 1.82) is 0 Å². The molecule has 1 fully saturated rings. The van der Waals surface area contributed by atoms with Crippen molar-refractivity contribution in [3.8, 4) is 0 Å². The molecule has 0 spiro atoms. The van der Waals surface area contributed by atoms with E-state index >= 15 is 0 Å². The number of aliphatic hydroxyl groups excluding tert-OH is 1. The Morgan fingerprint density at radius 1 is 1.58 bits per heavy atom. The van der Waals surface area contributed by atoms with Gasteiger partial charge in [-0.15, -0.1) is 0 Å². The fourth-order valence-electron chi connectivity index (χ4n) is 1.50.